The van der Waals surface area contributed by atoms with Gasteiger partial charge in [-0.25, -0.2) is 0 Å². The second kappa shape index (κ2) is 7.60. The normalized spacial score (nSPS) is 12.5. The van der Waals surface area contributed by atoms with Crippen LogP contribution in [0.4, 0.5) is 11.4 Å². The van der Waals surface area contributed by atoms with Crippen LogP contribution in [0.2, 0.25) is 0 Å². The van der Waals surface area contributed by atoms with E-state index in [1.54, 1.807) is 41.3 Å². The molecule has 0 atom stereocenters. The fourth-order valence-electron chi connectivity index (χ4n) is 3.36. The number of nitrogens with one attached hydrogen (secondary N) is 1. The molecule has 2 amide bonds. The van der Waals surface area contributed by atoms with Gasteiger partial charge in [0, 0.05) is 17.9 Å². The summed E-state index contributed by atoms with van der Waals surface area (Å²) in [5, 5.41) is 2.92. The molecule has 6 heteroatoms. The van der Waals surface area contributed by atoms with E-state index >= 15 is 0 Å². The van der Waals surface area contributed by atoms with Crippen molar-refractivity contribution in [2.75, 3.05) is 23.4 Å². The van der Waals surface area contributed by atoms with Crippen LogP contribution in [0.5, 0.6) is 5.75 Å². The molecule has 1 N–H and O–H groups in total. The largest absolute Gasteiger partial charge is 0.493 e. The van der Waals surface area contributed by atoms with Gasteiger partial charge in [0.25, 0.3) is 11.8 Å². The fourth-order valence-corrected chi connectivity index (χ4v) is 3.36. The number of carbonyl (C=O) groups excluding carboxylic acids is 2. The van der Waals surface area contributed by atoms with Crippen molar-refractivity contribution < 1.29 is 18.7 Å². The third-order valence-corrected chi connectivity index (χ3v) is 4.64. The average molecular weight is 376 g/mol. The third-order valence-electron chi connectivity index (χ3n) is 4.64. The number of hydrogen-bond acceptors (Lipinski definition) is 4. The standard InChI is InChI=1S/C22H20N2O4/c1-2-27-19-7-4-3-6-17(19)21(25)23-16-9-10-18-15(14-16)11-12-24(18)22(26)20-8-5-13-28-20/h3-10,13-14H,2,11-12H2,1H3,(H,23,25). The Labute approximate surface area is 162 Å². The summed E-state index contributed by atoms with van der Waals surface area (Å²) in [5.41, 5.74) is 3.02. The van der Waals surface area contributed by atoms with Crippen molar-refractivity contribution in [2.45, 2.75) is 13.3 Å². The summed E-state index contributed by atoms with van der Waals surface area (Å²) in [6.07, 6.45) is 2.21. The number of rotatable bonds is 5. The lowest BCUT2D eigenvalue weighted by Crippen LogP contribution is -2.28. The molecule has 28 heavy (non-hydrogen) atoms. The molecule has 0 bridgehead atoms. The summed E-state index contributed by atoms with van der Waals surface area (Å²) in [5.74, 6) is 0.480. The van der Waals surface area contributed by atoms with Gasteiger partial charge in [0.05, 0.1) is 18.4 Å². The van der Waals surface area contributed by atoms with E-state index in [4.69, 9.17) is 9.15 Å². The van der Waals surface area contributed by atoms with Crippen molar-refractivity contribution in [1.29, 1.82) is 0 Å². The first-order valence-electron chi connectivity index (χ1n) is 9.19. The quantitative estimate of drug-likeness (QED) is 0.727. The molecule has 1 aliphatic rings. The number of amides is 2. The molecule has 0 saturated carbocycles. The van der Waals surface area contributed by atoms with Gasteiger partial charge in [-0.05, 0) is 61.4 Å². The molecule has 0 fully saturated rings. The summed E-state index contributed by atoms with van der Waals surface area (Å²) in [7, 11) is 0. The summed E-state index contributed by atoms with van der Waals surface area (Å²) in [4.78, 5) is 26.9. The summed E-state index contributed by atoms with van der Waals surface area (Å²) in [6.45, 7) is 2.95. The molecular weight excluding hydrogens is 356 g/mol. The van der Waals surface area contributed by atoms with Crippen LogP contribution in [0.1, 0.15) is 33.4 Å². The highest BCUT2D eigenvalue weighted by Gasteiger charge is 2.27. The highest BCUT2D eigenvalue weighted by Crippen LogP contribution is 2.32. The van der Waals surface area contributed by atoms with E-state index in [0.717, 1.165) is 17.7 Å². The van der Waals surface area contributed by atoms with Gasteiger partial charge in [-0.15, -0.1) is 0 Å². The molecule has 142 valence electrons. The molecule has 0 aliphatic carbocycles. The molecule has 2 heterocycles. The highest BCUT2D eigenvalue weighted by atomic mass is 16.5. The molecule has 0 radical (unpaired) electrons. The van der Waals surface area contributed by atoms with E-state index in [0.29, 0.717) is 35.9 Å². The molecular formula is C22H20N2O4. The van der Waals surface area contributed by atoms with Gasteiger partial charge in [0.2, 0.25) is 0 Å². The fraction of sp³-hybridized carbons (Fsp3) is 0.182. The van der Waals surface area contributed by atoms with E-state index in [2.05, 4.69) is 5.32 Å². The van der Waals surface area contributed by atoms with Crippen LogP contribution < -0.4 is 15.0 Å². The minimum absolute atomic E-state index is 0.161. The van der Waals surface area contributed by atoms with Crippen molar-refractivity contribution in [2.24, 2.45) is 0 Å². The predicted octanol–water partition coefficient (Wildman–Crippen LogP) is 4.13. The Morgan fingerprint density at radius 3 is 2.79 bits per heavy atom. The minimum Gasteiger partial charge on any atom is -0.493 e. The minimum atomic E-state index is -0.231. The van der Waals surface area contributed by atoms with E-state index in [1.165, 1.54) is 6.26 Å². The van der Waals surface area contributed by atoms with E-state index in [1.807, 2.05) is 25.1 Å². The van der Waals surface area contributed by atoms with Crippen molar-refractivity contribution in [3.63, 3.8) is 0 Å². The lowest BCUT2D eigenvalue weighted by Gasteiger charge is -2.16. The highest BCUT2D eigenvalue weighted by molar-refractivity contribution is 6.07. The number of hydrogen-bond donors (Lipinski definition) is 1. The summed E-state index contributed by atoms with van der Waals surface area (Å²) in [6, 6.07) is 16.1. The second-order valence-electron chi connectivity index (χ2n) is 6.41. The van der Waals surface area contributed by atoms with Crippen LogP contribution in [0.15, 0.2) is 65.3 Å². The zero-order valence-electron chi connectivity index (χ0n) is 15.5. The topological polar surface area (TPSA) is 71.8 Å². The smallest absolute Gasteiger partial charge is 0.293 e. The molecule has 4 rings (SSSR count). The van der Waals surface area contributed by atoms with E-state index in [9.17, 15) is 9.59 Å². The number of nitrogens with zero attached hydrogens (tertiary/aromatic N) is 1. The van der Waals surface area contributed by atoms with Crippen LogP contribution in [-0.2, 0) is 6.42 Å². The lowest BCUT2D eigenvalue weighted by atomic mass is 10.1. The first kappa shape index (κ1) is 17.9. The van der Waals surface area contributed by atoms with Crippen LogP contribution in [0.3, 0.4) is 0 Å². The van der Waals surface area contributed by atoms with Crippen LogP contribution in [-0.4, -0.2) is 25.0 Å². The second-order valence-corrected chi connectivity index (χ2v) is 6.41. The zero-order chi connectivity index (χ0) is 19.5. The molecule has 0 saturated heterocycles. The number of carbonyl (C=O) groups is 2. The maximum Gasteiger partial charge on any atom is 0.293 e. The van der Waals surface area contributed by atoms with Crippen LogP contribution in [0, 0.1) is 0 Å². The summed E-state index contributed by atoms with van der Waals surface area (Å²) >= 11 is 0. The third kappa shape index (κ3) is 3.36. The van der Waals surface area contributed by atoms with Gasteiger partial charge in [0.15, 0.2) is 5.76 Å². The Morgan fingerprint density at radius 1 is 1.14 bits per heavy atom. The Kier molecular flexibility index (Phi) is 4.85. The molecule has 1 aromatic heterocycles. The van der Waals surface area contributed by atoms with Crippen molar-refractivity contribution in [1.82, 2.24) is 0 Å². The monoisotopic (exact) mass is 376 g/mol. The molecule has 0 unspecified atom stereocenters. The maximum absolute atomic E-state index is 12.7. The van der Waals surface area contributed by atoms with E-state index in [-0.39, 0.29) is 11.8 Å². The Hall–Kier alpha value is -3.54. The first-order valence-corrected chi connectivity index (χ1v) is 9.19. The zero-order valence-corrected chi connectivity index (χ0v) is 15.5. The van der Waals surface area contributed by atoms with Gasteiger partial charge in [-0.1, -0.05) is 12.1 Å². The van der Waals surface area contributed by atoms with Crippen LogP contribution in [0.25, 0.3) is 0 Å². The number of furan rings is 1. The summed E-state index contributed by atoms with van der Waals surface area (Å²) < 4.78 is 10.8. The Bertz CT molecular complexity index is 1010. The van der Waals surface area contributed by atoms with Crippen molar-refractivity contribution in [3.8, 4) is 5.75 Å². The van der Waals surface area contributed by atoms with Crippen molar-refractivity contribution >= 4 is 23.2 Å². The van der Waals surface area contributed by atoms with Gasteiger partial charge in [0.1, 0.15) is 5.75 Å². The van der Waals surface area contributed by atoms with Gasteiger partial charge >= 0.3 is 0 Å². The molecule has 1 aliphatic heterocycles. The van der Waals surface area contributed by atoms with Gasteiger partial charge < -0.3 is 19.4 Å². The number of fused-ring (bicyclic) bond motifs is 1. The predicted molar refractivity (Wildman–Crippen MR) is 106 cm³/mol. The Morgan fingerprint density at radius 2 is 2.00 bits per heavy atom. The molecule has 2 aromatic carbocycles. The number of para-hydroxylation sites is 1. The number of anilines is 2. The lowest BCUT2D eigenvalue weighted by molar-refractivity contribution is 0.0961. The maximum atomic E-state index is 12.7. The SMILES string of the molecule is CCOc1ccccc1C(=O)Nc1ccc2c(c1)CCN2C(=O)c1ccco1. The average Bonchev–Trinajstić information content (AvgIpc) is 3.38. The molecule has 0 spiro atoms. The van der Waals surface area contributed by atoms with E-state index < -0.39 is 0 Å². The number of ether oxygens (including phenoxy) is 1. The Balaban J connectivity index is 1.53. The molecule has 6 nitrogen and oxygen atoms in total. The molecule has 3 aromatic rings. The van der Waals surface area contributed by atoms with Gasteiger partial charge in [-0.3, -0.25) is 9.59 Å². The number of benzene rings is 2. The first-order chi connectivity index (χ1) is 13.7. The van der Waals surface area contributed by atoms with Crippen molar-refractivity contribution in [3.05, 3.63) is 77.7 Å². The van der Waals surface area contributed by atoms with Gasteiger partial charge in [-0.2, -0.15) is 0 Å². The van der Waals surface area contributed by atoms with Crippen LogP contribution >= 0.6 is 0 Å².